The molecule has 3 atom stereocenters. The fourth-order valence-corrected chi connectivity index (χ4v) is 4.07. The molecule has 0 unspecified atom stereocenters. The van der Waals surface area contributed by atoms with Crippen LogP contribution in [-0.4, -0.2) is 23.4 Å². The Kier molecular flexibility index (Phi) is 6.22. The van der Waals surface area contributed by atoms with Crippen LogP contribution in [0.25, 0.3) is 0 Å². The fraction of sp³-hybridized carbons (Fsp3) is 0.154. The highest BCUT2D eigenvalue weighted by molar-refractivity contribution is 6.16. The minimum atomic E-state index is -1.12. The third-order valence-corrected chi connectivity index (χ3v) is 5.52. The van der Waals surface area contributed by atoms with E-state index in [9.17, 15) is 14.4 Å². The summed E-state index contributed by atoms with van der Waals surface area (Å²) in [5, 5.41) is 6.84. The van der Waals surface area contributed by atoms with Gasteiger partial charge in [0.1, 0.15) is 23.3 Å². The van der Waals surface area contributed by atoms with Gasteiger partial charge in [0, 0.05) is 17.2 Å². The maximum Gasteiger partial charge on any atom is 0.344 e. The van der Waals surface area contributed by atoms with E-state index >= 15 is 0 Å². The van der Waals surface area contributed by atoms with E-state index in [1.54, 1.807) is 24.3 Å². The van der Waals surface area contributed by atoms with Gasteiger partial charge in [0.25, 0.3) is 0 Å². The molecule has 1 amide bonds. The molecule has 1 heterocycles. The van der Waals surface area contributed by atoms with E-state index in [0.717, 1.165) is 0 Å². The van der Waals surface area contributed by atoms with Crippen LogP contribution in [0.5, 0.6) is 0 Å². The topological polar surface area (TPSA) is 84.8 Å². The molecular weight excluding hydrogens is 404 g/mol. The van der Waals surface area contributed by atoms with Gasteiger partial charge in [-0.25, -0.2) is 4.79 Å². The van der Waals surface area contributed by atoms with Crippen LogP contribution in [0.1, 0.15) is 24.0 Å². The molecule has 0 bridgehead atoms. The van der Waals surface area contributed by atoms with Crippen LogP contribution in [0.2, 0.25) is 0 Å². The lowest BCUT2D eigenvalue weighted by Gasteiger charge is -2.28. The van der Waals surface area contributed by atoms with Crippen LogP contribution in [-0.2, 0) is 19.2 Å². The Morgan fingerprint density at radius 2 is 1.44 bits per heavy atom. The van der Waals surface area contributed by atoms with Gasteiger partial charge in [0.05, 0.1) is 0 Å². The zero-order chi connectivity index (χ0) is 22.5. The van der Waals surface area contributed by atoms with Crippen molar-refractivity contribution in [3.8, 4) is 0 Å². The van der Waals surface area contributed by atoms with Crippen LogP contribution in [0.3, 0.4) is 0 Å². The quantitative estimate of drug-likeness (QED) is 0.453. The highest BCUT2D eigenvalue weighted by Crippen LogP contribution is 2.39. The van der Waals surface area contributed by atoms with Crippen molar-refractivity contribution in [1.82, 2.24) is 0 Å². The number of oxime groups is 1. The fourth-order valence-electron chi connectivity index (χ4n) is 4.07. The molecule has 0 fully saturated rings. The lowest BCUT2D eigenvalue weighted by atomic mass is 9.72. The summed E-state index contributed by atoms with van der Waals surface area (Å²) < 4.78 is 0. The monoisotopic (exact) mass is 426 g/mol. The van der Waals surface area contributed by atoms with Crippen molar-refractivity contribution in [2.45, 2.75) is 12.8 Å². The van der Waals surface area contributed by atoms with E-state index in [1.807, 2.05) is 66.7 Å². The Bertz CT molecular complexity index is 1140. The lowest BCUT2D eigenvalue weighted by Crippen LogP contribution is -2.40. The Morgan fingerprint density at radius 3 is 2.03 bits per heavy atom. The van der Waals surface area contributed by atoms with Crippen molar-refractivity contribution < 1.29 is 19.2 Å². The van der Waals surface area contributed by atoms with E-state index in [4.69, 9.17) is 4.84 Å². The largest absolute Gasteiger partial charge is 0.344 e. The number of carbonyl (C=O) groups excluding carboxylic acids is 3. The summed E-state index contributed by atoms with van der Waals surface area (Å²) in [5.74, 6) is -4.23. The first-order valence-corrected chi connectivity index (χ1v) is 10.3. The summed E-state index contributed by atoms with van der Waals surface area (Å²) >= 11 is 0. The highest BCUT2D eigenvalue weighted by Gasteiger charge is 2.47. The predicted molar refractivity (Wildman–Crippen MR) is 121 cm³/mol. The number of benzene rings is 3. The smallest absolute Gasteiger partial charge is 0.325 e. The van der Waals surface area contributed by atoms with Gasteiger partial charge in [-0.3, -0.25) is 9.59 Å². The van der Waals surface area contributed by atoms with Gasteiger partial charge in [-0.15, -0.1) is 0 Å². The number of Topliss-reactive ketones (excluding diaryl/α,β-unsaturated/α-hetero) is 1. The van der Waals surface area contributed by atoms with Gasteiger partial charge < -0.3 is 10.2 Å². The second kappa shape index (κ2) is 9.39. The number of ketones is 1. The van der Waals surface area contributed by atoms with E-state index in [2.05, 4.69) is 10.5 Å². The molecule has 1 aliphatic rings. The van der Waals surface area contributed by atoms with Gasteiger partial charge >= 0.3 is 5.97 Å². The zero-order valence-electron chi connectivity index (χ0n) is 17.5. The number of hydrogen-bond donors (Lipinski definition) is 1. The normalized spacial score (nSPS) is 17.1. The molecule has 3 aromatic carbocycles. The van der Waals surface area contributed by atoms with E-state index < -0.39 is 29.6 Å². The molecule has 0 saturated heterocycles. The first-order valence-electron chi connectivity index (χ1n) is 10.3. The van der Waals surface area contributed by atoms with Gasteiger partial charge in [-0.2, -0.15) is 0 Å². The summed E-state index contributed by atoms with van der Waals surface area (Å²) in [6, 6.07) is 27.2. The van der Waals surface area contributed by atoms with Crippen molar-refractivity contribution in [2.75, 3.05) is 5.32 Å². The average Bonchev–Trinajstić information content (AvgIpc) is 3.19. The average molecular weight is 426 g/mol. The molecule has 0 radical (unpaired) electrons. The molecule has 4 rings (SSSR count). The van der Waals surface area contributed by atoms with Crippen LogP contribution < -0.4 is 5.32 Å². The van der Waals surface area contributed by atoms with E-state index in [0.29, 0.717) is 22.5 Å². The number of amides is 1. The predicted octanol–water partition coefficient (Wildman–Crippen LogP) is 4.19. The first kappa shape index (κ1) is 21.2. The molecule has 0 spiro atoms. The molecule has 32 heavy (non-hydrogen) atoms. The van der Waals surface area contributed by atoms with E-state index in [-0.39, 0.29) is 5.78 Å². The third kappa shape index (κ3) is 4.34. The Hall–Kier alpha value is -4.06. The molecule has 0 aliphatic carbocycles. The maximum atomic E-state index is 13.4. The van der Waals surface area contributed by atoms with Crippen molar-refractivity contribution in [1.29, 1.82) is 0 Å². The number of nitrogens with zero attached hydrogens (tertiary/aromatic N) is 1. The Balaban J connectivity index is 1.79. The van der Waals surface area contributed by atoms with Gasteiger partial charge in [-0.05, 0) is 24.6 Å². The van der Waals surface area contributed by atoms with Crippen LogP contribution in [0.4, 0.5) is 5.69 Å². The molecule has 1 N–H and O–H groups in total. The minimum absolute atomic E-state index is 0.348. The summed E-state index contributed by atoms with van der Waals surface area (Å²) in [5.41, 5.74) is 2.36. The summed E-state index contributed by atoms with van der Waals surface area (Å²) in [6.45, 7) is 1.37. The van der Waals surface area contributed by atoms with Crippen LogP contribution in [0.15, 0.2) is 96.2 Å². The van der Waals surface area contributed by atoms with Crippen molar-refractivity contribution in [2.24, 2.45) is 17.0 Å². The molecule has 0 saturated carbocycles. The van der Waals surface area contributed by atoms with Crippen LogP contribution >= 0.6 is 0 Å². The summed E-state index contributed by atoms with van der Waals surface area (Å²) in [7, 11) is 0. The zero-order valence-corrected chi connectivity index (χ0v) is 17.5. The number of hydrogen-bond acceptors (Lipinski definition) is 5. The van der Waals surface area contributed by atoms with Gasteiger partial charge in [0.15, 0.2) is 0 Å². The summed E-state index contributed by atoms with van der Waals surface area (Å²) in [4.78, 5) is 44.2. The van der Waals surface area contributed by atoms with E-state index in [1.165, 1.54) is 6.92 Å². The summed E-state index contributed by atoms with van der Waals surface area (Å²) in [6.07, 6.45) is 0. The molecule has 0 aromatic heterocycles. The number of rotatable bonds is 7. The van der Waals surface area contributed by atoms with Gasteiger partial charge in [0.2, 0.25) is 5.91 Å². The molecule has 3 aromatic rings. The first-order chi connectivity index (χ1) is 15.6. The molecule has 1 aliphatic heterocycles. The molecule has 6 nitrogen and oxygen atoms in total. The second-order valence-corrected chi connectivity index (χ2v) is 7.61. The molecule has 160 valence electrons. The Morgan fingerprint density at radius 1 is 0.875 bits per heavy atom. The second-order valence-electron chi connectivity index (χ2n) is 7.61. The van der Waals surface area contributed by atoms with Crippen molar-refractivity contribution >= 4 is 29.1 Å². The number of nitrogens with one attached hydrogen (secondary N) is 1. The molecular formula is C26H22N2O4. The van der Waals surface area contributed by atoms with Crippen molar-refractivity contribution in [3.63, 3.8) is 0 Å². The number of para-hydroxylation sites is 1. The Labute approximate surface area is 185 Å². The highest BCUT2D eigenvalue weighted by atomic mass is 16.7. The molecule has 6 heteroatoms. The number of carbonyl (C=O) groups is 3. The SMILES string of the molecule is CC(=O)[C@H](C(=O)Nc1ccccc1)[C@@H](c1ccccc1)[C@@H]1C(=O)ON=C1c1ccccc1. The lowest BCUT2D eigenvalue weighted by molar-refractivity contribution is -0.144. The minimum Gasteiger partial charge on any atom is -0.325 e. The number of anilines is 1. The van der Waals surface area contributed by atoms with Crippen LogP contribution in [0, 0.1) is 11.8 Å². The maximum absolute atomic E-state index is 13.4. The van der Waals surface area contributed by atoms with Gasteiger partial charge in [-0.1, -0.05) is 84.0 Å². The van der Waals surface area contributed by atoms with Crippen molar-refractivity contribution in [3.05, 3.63) is 102 Å². The third-order valence-electron chi connectivity index (χ3n) is 5.52. The standard InChI is InChI=1S/C26H22N2O4/c1-17(29)21(25(30)27-20-15-9-4-10-16-20)22(18-11-5-2-6-12-18)23-24(28-32-26(23)31)19-13-7-3-8-14-19/h2-16,21-23H,1H3,(H,27,30)/t21-,22+,23-/m0/s1.